The van der Waals surface area contributed by atoms with Crippen LogP contribution in [0.25, 0.3) is 10.8 Å². The maximum absolute atomic E-state index is 6.54. The van der Waals surface area contributed by atoms with Gasteiger partial charge in [0.25, 0.3) is 0 Å². The predicted molar refractivity (Wildman–Crippen MR) is 86.8 cm³/mol. The van der Waals surface area contributed by atoms with Gasteiger partial charge in [0.15, 0.2) is 0 Å². The van der Waals surface area contributed by atoms with Gasteiger partial charge in [-0.05, 0) is 47.6 Å². The van der Waals surface area contributed by atoms with E-state index in [0.717, 1.165) is 12.3 Å². The summed E-state index contributed by atoms with van der Waals surface area (Å²) in [5.41, 5.74) is 9.24. The van der Waals surface area contributed by atoms with E-state index in [1.54, 1.807) is 0 Å². The fourth-order valence-electron chi connectivity index (χ4n) is 3.76. The van der Waals surface area contributed by atoms with E-state index >= 15 is 0 Å². The van der Waals surface area contributed by atoms with Crippen LogP contribution in [0.1, 0.15) is 55.7 Å². The van der Waals surface area contributed by atoms with Crippen LogP contribution in [0.3, 0.4) is 0 Å². The summed E-state index contributed by atoms with van der Waals surface area (Å²) < 4.78 is 0. The van der Waals surface area contributed by atoms with Gasteiger partial charge >= 0.3 is 0 Å². The summed E-state index contributed by atoms with van der Waals surface area (Å²) in [5.74, 6) is 0.927. The SMILES string of the molecule is Cc1ccc2ccccc2c1C(N)CCC1CCCC1. The second-order valence-electron chi connectivity index (χ2n) is 6.35. The van der Waals surface area contributed by atoms with Crippen molar-refractivity contribution in [3.63, 3.8) is 0 Å². The third kappa shape index (κ3) is 2.73. The van der Waals surface area contributed by atoms with E-state index in [4.69, 9.17) is 5.73 Å². The van der Waals surface area contributed by atoms with Crippen LogP contribution in [0, 0.1) is 12.8 Å². The van der Waals surface area contributed by atoms with Gasteiger partial charge in [-0.1, -0.05) is 62.1 Å². The van der Waals surface area contributed by atoms with Crippen molar-refractivity contribution < 1.29 is 0 Å². The van der Waals surface area contributed by atoms with Crippen molar-refractivity contribution in [2.24, 2.45) is 11.7 Å². The molecule has 0 bridgehead atoms. The van der Waals surface area contributed by atoms with Gasteiger partial charge in [0.2, 0.25) is 0 Å². The summed E-state index contributed by atoms with van der Waals surface area (Å²) >= 11 is 0. The number of hydrogen-bond acceptors (Lipinski definition) is 1. The lowest BCUT2D eigenvalue weighted by Gasteiger charge is -2.19. The smallest absolute Gasteiger partial charge is 0.0303 e. The standard InChI is InChI=1S/C19H25N/c1-14-10-12-16-8-4-5-9-17(16)19(14)18(20)13-11-15-6-2-3-7-15/h4-5,8-10,12,15,18H,2-3,6-7,11,13,20H2,1H3. The van der Waals surface area contributed by atoms with Gasteiger partial charge in [-0.3, -0.25) is 0 Å². The van der Waals surface area contributed by atoms with Gasteiger partial charge in [0.05, 0.1) is 0 Å². The van der Waals surface area contributed by atoms with Crippen LogP contribution >= 0.6 is 0 Å². The molecule has 1 aliphatic carbocycles. The van der Waals surface area contributed by atoms with Gasteiger partial charge in [-0.15, -0.1) is 0 Å². The Bertz CT molecular complexity index is 581. The Morgan fingerprint density at radius 2 is 1.85 bits per heavy atom. The molecule has 1 heteroatoms. The van der Waals surface area contributed by atoms with Crippen molar-refractivity contribution in [3.05, 3.63) is 47.5 Å². The van der Waals surface area contributed by atoms with E-state index in [9.17, 15) is 0 Å². The fourth-order valence-corrected chi connectivity index (χ4v) is 3.76. The molecule has 1 nitrogen and oxygen atoms in total. The monoisotopic (exact) mass is 267 g/mol. The minimum absolute atomic E-state index is 0.182. The first-order valence-electron chi connectivity index (χ1n) is 7.99. The summed E-state index contributed by atoms with van der Waals surface area (Å²) in [4.78, 5) is 0. The Morgan fingerprint density at radius 3 is 2.65 bits per heavy atom. The van der Waals surface area contributed by atoms with Gasteiger partial charge in [-0.25, -0.2) is 0 Å². The molecule has 0 spiro atoms. The highest BCUT2D eigenvalue weighted by Crippen LogP contribution is 2.33. The largest absolute Gasteiger partial charge is 0.324 e. The van der Waals surface area contributed by atoms with Crippen LogP contribution in [-0.4, -0.2) is 0 Å². The van der Waals surface area contributed by atoms with Crippen molar-refractivity contribution in [3.8, 4) is 0 Å². The summed E-state index contributed by atoms with van der Waals surface area (Å²) in [6, 6.07) is 13.2. The first kappa shape index (κ1) is 13.6. The highest BCUT2D eigenvalue weighted by molar-refractivity contribution is 5.87. The topological polar surface area (TPSA) is 26.0 Å². The van der Waals surface area contributed by atoms with Crippen LogP contribution in [-0.2, 0) is 0 Å². The predicted octanol–water partition coefficient (Wildman–Crippen LogP) is 5.12. The quantitative estimate of drug-likeness (QED) is 0.817. The molecule has 2 aromatic rings. The zero-order valence-corrected chi connectivity index (χ0v) is 12.4. The summed E-state index contributed by atoms with van der Waals surface area (Å²) in [6.45, 7) is 2.19. The molecule has 2 aromatic carbocycles. The molecular formula is C19H25N. The molecular weight excluding hydrogens is 242 g/mol. The molecule has 1 atom stereocenters. The van der Waals surface area contributed by atoms with Crippen molar-refractivity contribution in [2.45, 2.75) is 51.5 Å². The molecule has 0 aromatic heterocycles. The first-order valence-corrected chi connectivity index (χ1v) is 7.99. The van der Waals surface area contributed by atoms with E-state index < -0.39 is 0 Å². The Labute approximate surface area is 122 Å². The molecule has 0 saturated heterocycles. The average Bonchev–Trinajstić information content (AvgIpc) is 2.98. The van der Waals surface area contributed by atoms with Crippen LogP contribution in [0.5, 0.6) is 0 Å². The molecule has 2 N–H and O–H groups in total. The molecule has 106 valence electrons. The number of fused-ring (bicyclic) bond motifs is 1. The Balaban J connectivity index is 1.82. The van der Waals surface area contributed by atoms with Gasteiger partial charge in [-0.2, -0.15) is 0 Å². The number of nitrogens with two attached hydrogens (primary N) is 1. The minimum Gasteiger partial charge on any atom is -0.324 e. The van der Waals surface area contributed by atoms with E-state index in [1.807, 2.05) is 0 Å². The van der Waals surface area contributed by atoms with Crippen molar-refractivity contribution in [1.82, 2.24) is 0 Å². The molecule has 1 aliphatic rings. The van der Waals surface area contributed by atoms with Crippen LogP contribution in [0.2, 0.25) is 0 Å². The third-order valence-corrected chi connectivity index (χ3v) is 4.92. The molecule has 1 saturated carbocycles. The first-order chi connectivity index (χ1) is 9.75. The van der Waals surface area contributed by atoms with Crippen molar-refractivity contribution in [1.29, 1.82) is 0 Å². The number of aryl methyl sites for hydroxylation is 1. The zero-order chi connectivity index (χ0) is 13.9. The second-order valence-corrected chi connectivity index (χ2v) is 6.35. The summed E-state index contributed by atoms with van der Waals surface area (Å²) in [7, 11) is 0. The number of benzene rings is 2. The third-order valence-electron chi connectivity index (χ3n) is 4.92. The molecule has 20 heavy (non-hydrogen) atoms. The molecule has 0 radical (unpaired) electrons. The molecule has 3 rings (SSSR count). The van der Waals surface area contributed by atoms with Crippen molar-refractivity contribution >= 4 is 10.8 Å². The van der Waals surface area contributed by atoms with Crippen LogP contribution < -0.4 is 5.73 Å². The summed E-state index contributed by atoms with van der Waals surface area (Å²) in [5, 5.41) is 2.65. The van der Waals surface area contributed by atoms with Gasteiger partial charge in [0.1, 0.15) is 0 Å². The van der Waals surface area contributed by atoms with E-state index in [1.165, 1.54) is 54.0 Å². The van der Waals surface area contributed by atoms with Gasteiger partial charge in [0, 0.05) is 6.04 Å². The van der Waals surface area contributed by atoms with Crippen LogP contribution in [0.15, 0.2) is 36.4 Å². The molecule has 0 amide bonds. The molecule has 0 aliphatic heterocycles. The number of hydrogen-bond donors (Lipinski definition) is 1. The molecule has 1 fully saturated rings. The van der Waals surface area contributed by atoms with Gasteiger partial charge < -0.3 is 5.73 Å². The highest BCUT2D eigenvalue weighted by atomic mass is 14.6. The normalized spacial score (nSPS) is 17.7. The van der Waals surface area contributed by atoms with Crippen LogP contribution in [0.4, 0.5) is 0 Å². The maximum Gasteiger partial charge on any atom is 0.0303 e. The Morgan fingerprint density at radius 1 is 1.10 bits per heavy atom. The zero-order valence-electron chi connectivity index (χ0n) is 12.4. The summed E-state index contributed by atoms with van der Waals surface area (Å²) in [6.07, 6.45) is 8.10. The lowest BCUT2D eigenvalue weighted by Crippen LogP contribution is -2.13. The lowest BCUT2D eigenvalue weighted by atomic mass is 9.90. The van der Waals surface area contributed by atoms with Crippen molar-refractivity contribution in [2.75, 3.05) is 0 Å². The van der Waals surface area contributed by atoms with E-state index in [0.29, 0.717) is 0 Å². The number of rotatable bonds is 4. The van der Waals surface area contributed by atoms with E-state index in [2.05, 4.69) is 43.3 Å². The maximum atomic E-state index is 6.54. The Kier molecular flexibility index (Phi) is 4.07. The molecule has 1 unspecified atom stereocenters. The molecule has 0 heterocycles. The fraction of sp³-hybridized carbons (Fsp3) is 0.474. The average molecular weight is 267 g/mol. The highest BCUT2D eigenvalue weighted by Gasteiger charge is 2.18. The minimum atomic E-state index is 0.182. The second kappa shape index (κ2) is 5.97. The lowest BCUT2D eigenvalue weighted by molar-refractivity contribution is 0.454. The Hall–Kier alpha value is -1.34. The van der Waals surface area contributed by atoms with E-state index in [-0.39, 0.29) is 6.04 Å².